The summed E-state index contributed by atoms with van der Waals surface area (Å²) in [5.74, 6) is -0.0307. The van der Waals surface area contributed by atoms with Crippen molar-refractivity contribution in [3.8, 4) is 0 Å². The number of hydrogen-bond acceptors (Lipinski definition) is 4. The Balaban J connectivity index is 1.46. The normalized spacial score (nSPS) is 26.4. The fraction of sp³-hybridized carbons (Fsp3) is 0.440. The number of nitrogens with zero attached hydrogens (tertiary/aromatic N) is 2. The van der Waals surface area contributed by atoms with Crippen molar-refractivity contribution in [1.29, 1.82) is 0 Å². The molecule has 168 valence electrons. The number of rotatable bonds is 3. The van der Waals surface area contributed by atoms with Gasteiger partial charge in [-0.3, -0.25) is 14.6 Å². The molecular formula is C25H28FN3O3. The van der Waals surface area contributed by atoms with E-state index in [1.165, 1.54) is 12.1 Å². The minimum Gasteiger partial charge on any atom is -0.444 e. The zero-order chi connectivity index (χ0) is 22.2. The van der Waals surface area contributed by atoms with Gasteiger partial charge in [-0.15, -0.1) is 0 Å². The Bertz CT molecular complexity index is 1020. The first-order valence-electron chi connectivity index (χ1n) is 11.3. The smallest absolute Gasteiger partial charge is 0.410 e. The van der Waals surface area contributed by atoms with Crippen LogP contribution >= 0.6 is 0 Å². The second kappa shape index (κ2) is 8.54. The van der Waals surface area contributed by atoms with Crippen LogP contribution < -0.4 is 5.32 Å². The maximum absolute atomic E-state index is 13.6. The van der Waals surface area contributed by atoms with Gasteiger partial charge in [0, 0.05) is 25.7 Å². The van der Waals surface area contributed by atoms with Gasteiger partial charge >= 0.3 is 6.09 Å². The molecule has 32 heavy (non-hydrogen) atoms. The highest BCUT2D eigenvalue weighted by Gasteiger charge is 2.39. The lowest BCUT2D eigenvalue weighted by molar-refractivity contribution is -0.0462. The van der Waals surface area contributed by atoms with Crippen molar-refractivity contribution in [2.45, 2.75) is 31.4 Å². The lowest BCUT2D eigenvalue weighted by atomic mass is 9.85. The third kappa shape index (κ3) is 3.86. The molecule has 0 radical (unpaired) electrons. The summed E-state index contributed by atoms with van der Waals surface area (Å²) in [4.78, 5) is 29.6. The molecule has 0 saturated carbocycles. The molecule has 4 heterocycles. The third-order valence-electron chi connectivity index (χ3n) is 7.13. The zero-order valence-electron chi connectivity index (χ0n) is 18.2. The van der Waals surface area contributed by atoms with Gasteiger partial charge in [0.05, 0.1) is 6.04 Å². The second-order valence-corrected chi connectivity index (χ2v) is 8.95. The first kappa shape index (κ1) is 20.9. The Hall–Kier alpha value is -2.93. The Labute approximate surface area is 187 Å². The molecule has 6 rings (SSSR count). The molecule has 0 unspecified atom stereocenters. The molecule has 2 bridgehead atoms. The van der Waals surface area contributed by atoms with Crippen LogP contribution in [0.4, 0.5) is 9.18 Å². The largest absolute Gasteiger partial charge is 0.444 e. The highest BCUT2D eigenvalue weighted by molar-refractivity contribution is 5.94. The number of fused-ring (bicyclic) bond motifs is 4. The van der Waals surface area contributed by atoms with E-state index >= 15 is 0 Å². The quantitative estimate of drug-likeness (QED) is 0.800. The van der Waals surface area contributed by atoms with Gasteiger partial charge in [-0.1, -0.05) is 18.2 Å². The van der Waals surface area contributed by atoms with Crippen LogP contribution in [0, 0.1) is 11.7 Å². The van der Waals surface area contributed by atoms with E-state index in [1.807, 2.05) is 12.1 Å². The number of nitrogens with one attached hydrogen (secondary N) is 1. The van der Waals surface area contributed by atoms with E-state index in [4.69, 9.17) is 4.74 Å². The summed E-state index contributed by atoms with van der Waals surface area (Å²) in [5.41, 5.74) is 3.38. The van der Waals surface area contributed by atoms with Crippen LogP contribution in [0.25, 0.3) is 0 Å². The molecule has 0 spiro atoms. The van der Waals surface area contributed by atoms with Crippen LogP contribution in [0.3, 0.4) is 0 Å². The maximum Gasteiger partial charge on any atom is 0.410 e. The average Bonchev–Trinajstić information content (AvgIpc) is 2.83. The van der Waals surface area contributed by atoms with Crippen molar-refractivity contribution in [1.82, 2.24) is 15.1 Å². The highest BCUT2D eigenvalue weighted by Crippen LogP contribution is 2.37. The van der Waals surface area contributed by atoms with E-state index in [0.29, 0.717) is 24.4 Å². The van der Waals surface area contributed by atoms with Gasteiger partial charge in [0.15, 0.2) is 0 Å². The van der Waals surface area contributed by atoms with Gasteiger partial charge in [-0.25, -0.2) is 9.18 Å². The molecule has 0 aromatic heterocycles. The lowest BCUT2D eigenvalue weighted by Gasteiger charge is -2.45. The number of carbonyl (C=O) groups is 2. The molecule has 3 saturated heterocycles. The van der Waals surface area contributed by atoms with Crippen molar-refractivity contribution in [2.24, 2.45) is 5.92 Å². The number of carbonyl (C=O) groups excluding carboxylic acids is 2. The molecule has 2 aromatic carbocycles. The van der Waals surface area contributed by atoms with Gasteiger partial charge in [0.25, 0.3) is 5.91 Å². The topological polar surface area (TPSA) is 61.9 Å². The summed E-state index contributed by atoms with van der Waals surface area (Å²) in [6, 6.07) is 11.5. The van der Waals surface area contributed by atoms with Crippen LogP contribution in [0.1, 0.15) is 45.9 Å². The third-order valence-corrected chi connectivity index (χ3v) is 7.13. The maximum atomic E-state index is 13.6. The molecule has 6 nitrogen and oxygen atoms in total. The Morgan fingerprint density at radius 3 is 2.47 bits per heavy atom. The Kier molecular flexibility index (Phi) is 5.59. The van der Waals surface area contributed by atoms with Gasteiger partial charge in [-0.2, -0.15) is 0 Å². The second-order valence-electron chi connectivity index (χ2n) is 8.95. The molecule has 2 atom stereocenters. The van der Waals surface area contributed by atoms with Crippen molar-refractivity contribution < 1.29 is 18.7 Å². The van der Waals surface area contributed by atoms with E-state index in [1.54, 1.807) is 30.1 Å². The predicted molar refractivity (Wildman–Crippen MR) is 118 cm³/mol. The van der Waals surface area contributed by atoms with Crippen molar-refractivity contribution >= 4 is 12.0 Å². The summed E-state index contributed by atoms with van der Waals surface area (Å²) in [5, 5.41) is 2.65. The predicted octanol–water partition coefficient (Wildman–Crippen LogP) is 3.36. The van der Waals surface area contributed by atoms with Crippen LogP contribution in [-0.4, -0.2) is 61.1 Å². The van der Waals surface area contributed by atoms with E-state index in [9.17, 15) is 14.0 Å². The molecule has 7 heteroatoms. The summed E-state index contributed by atoms with van der Waals surface area (Å²) in [6.07, 6.45) is 2.39. The van der Waals surface area contributed by atoms with E-state index in [0.717, 1.165) is 49.2 Å². The molecular weight excluding hydrogens is 409 g/mol. The lowest BCUT2D eigenvalue weighted by Crippen LogP contribution is -2.53. The fourth-order valence-electron chi connectivity index (χ4n) is 5.36. The molecule has 0 aliphatic carbocycles. The SMILES string of the molecule is CNC(=O)c1ccc2c(c1)CCN(C(=O)O[C@@H]1CN3CCC1CC3)[C@H]2c1ccc(F)cc1. The Morgan fingerprint density at radius 2 is 1.81 bits per heavy atom. The number of hydrogen-bond donors (Lipinski definition) is 1. The van der Waals surface area contributed by atoms with Gasteiger partial charge in [0.1, 0.15) is 11.9 Å². The van der Waals surface area contributed by atoms with Crippen LogP contribution in [0.5, 0.6) is 0 Å². The number of amides is 2. The van der Waals surface area contributed by atoms with E-state index < -0.39 is 0 Å². The number of piperidine rings is 3. The molecule has 1 N–H and O–H groups in total. The van der Waals surface area contributed by atoms with Crippen molar-refractivity contribution in [3.05, 3.63) is 70.5 Å². The monoisotopic (exact) mass is 437 g/mol. The van der Waals surface area contributed by atoms with Gasteiger partial charge < -0.3 is 10.1 Å². The van der Waals surface area contributed by atoms with Crippen LogP contribution in [-0.2, 0) is 11.2 Å². The summed E-state index contributed by atoms with van der Waals surface area (Å²) in [6.45, 7) is 3.45. The summed E-state index contributed by atoms with van der Waals surface area (Å²) < 4.78 is 19.7. The van der Waals surface area contributed by atoms with Crippen LogP contribution in [0.2, 0.25) is 0 Å². The number of benzene rings is 2. The first-order chi connectivity index (χ1) is 15.5. The summed E-state index contributed by atoms with van der Waals surface area (Å²) >= 11 is 0. The Morgan fingerprint density at radius 1 is 1.06 bits per heavy atom. The minimum absolute atomic E-state index is 0.0732. The van der Waals surface area contributed by atoms with Gasteiger partial charge in [-0.05, 0) is 79.2 Å². The van der Waals surface area contributed by atoms with Crippen LogP contribution in [0.15, 0.2) is 42.5 Å². The van der Waals surface area contributed by atoms with Crippen molar-refractivity contribution in [3.63, 3.8) is 0 Å². The van der Waals surface area contributed by atoms with Gasteiger partial charge in [0.2, 0.25) is 0 Å². The van der Waals surface area contributed by atoms with E-state index in [-0.39, 0.29) is 30.0 Å². The average molecular weight is 438 g/mol. The standard InChI is InChI=1S/C25H28FN3O3/c1-27-24(30)19-4-7-21-18(14-19)10-13-29(23(21)17-2-5-20(26)6-3-17)25(31)32-22-15-28-11-8-16(22)9-12-28/h2-7,14,16,22-23H,8-13,15H2,1H3,(H,27,30)/t22-,23+/m1/s1. The highest BCUT2D eigenvalue weighted by atomic mass is 19.1. The first-order valence-corrected chi connectivity index (χ1v) is 11.3. The molecule has 2 aromatic rings. The molecule has 4 aliphatic heterocycles. The molecule has 4 aliphatic rings. The van der Waals surface area contributed by atoms with E-state index in [2.05, 4.69) is 10.2 Å². The number of halogens is 1. The van der Waals surface area contributed by atoms with Crippen molar-refractivity contribution in [2.75, 3.05) is 33.2 Å². The molecule has 3 fully saturated rings. The molecule has 2 amide bonds. The fourth-order valence-corrected chi connectivity index (χ4v) is 5.36. The zero-order valence-corrected chi connectivity index (χ0v) is 18.2. The number of ether oxygens (including phenoxy) is 1. The minimum atomic E-state index is -0.383. The summed E-state index contributed by atoms with van der Waals surface area (Å²) in [7, 11) is 1.61.